The van der Waals surface area contributed by atoms with Crippen molar-refractivity contribution in [3.8, 4) is 5.75 Å². The summed E-state index contributed by atoms with van der Waals surface area (Å²) in [4.78, 5) is 27.4. The average molecular weight is 400 g/mol. The number of ether oxygens (including phenoxy) is 1. The molecule has 1 aliphatic rings. The molecule has 4 rings (SSSR count). The van der Waals surface area contributed by atoms with Gasteiger partial charge in [0.05, 0.1) is 19.1 Å². The summed E-state index contributed by atoms with van der Waals surface area (Å²) >= 11 is 0. The Balaban J connectivity index is 1.53. The number of benzene rings is 3. The fraction of sp³-hybridized carbons (Fsp3) is 0.200. The number of anilines is 1. The van der Waals surface area contributed by atoms with Crippen molar-refractivity contribution < 1.29 is 14.3 Å². The molecule has 0 bridgehead atoms. The zero-order valence-electron chi connectivity index (χ0n) is 16.8. The smallest absolute Gasteiger partial charge is 0.227 e. The molecule has 30 heavy (non-hydrogen) atoms. The van der Waals surface area contributed by atoms with E-state index in [1.54, 1.807) is 12.0 Å². The first-order valence-corrected chi connectivity index (χ1v) is 10.0. The number of hydrogen-bond donors (Lipinski definition) is 1. The van der Waals surface area contributed by atoms with E-state index in [-0.39, 0.29) is 24.3 Å². The molecule has 1 fully saturated rings. The van der Waals surface area contributed by atoms with E-state index in [9.17, 15) is 9.59 Å². The molecule has 1 aliphatic heterocycles. The van der Waals surface area contributed by atoms with Crippen LogP contribution in [0.2, 0.25) is 0 Å². The Hall–Kier alpha value is -3.60. The van der Waals surface area contributed by atoms with Gasteiger partial charge in [-0.25, -0.2) is 0 Å². The van der Waals surface area contributed by atoms with Gasteiger partial charge in [-0.15, -0.1) is 0 Å². The molecular weight excluding hydrogens is 376 g/mol. The highest BCUT2D eigenvalue weighted by atomic mass is 16.5. The Morgan fingerprint density at radius 3 is 2.20 bits per heavy atom. The van der Waals surface area contributed by atoms with E-state index in [1.165, 1.54) is 0 Å². The molecule has 0 aliphatic carbocycles. The fourth-order valence-electron chi connectivity index (χ4n) is 3.82. The number of methoxy groups -OCH3 is 1. The second-order valence-corrected chi connectivity index (χ2v) is 7.37. The van der Waals surface area contributed by atoms with E-state index in [0.29, 0.717) is 12.3 Å². The predicted molar refractivity (Wildman–Crippen MR) is 116 cm³/mol. The molecule has 5 heteroatoms. The molecule has 0 spiro atoms. The highest BCUT2D eigenvalue weighted by Crippen LogP contribution is 2.29. The van der Waals surface area contributed by atoms with Crippen molar-refractivity contribution in [2.45, 2.75) is 12.5 Å². The van der Waals surface area contributed by atoms with Gasteiger partial charge in [0.1, 0.15) is 5.75 Å². The molecular formula is C25H24N2O3. The van der Waals surface area contributed by atoms with Crippen LogP contribution in [0.5, 0.6) is 5.75 Å². The van der Waals surface area contributed by atoms with Gasteiger partial charge in [0.2, 0.25) is 11.8 Å². The first-order chi connectivity index (χ1) is 14.7. The number of hydrogen-bond acceptors (Lipinski definition) is 3. The minimum Gasteiger partial charge on any atom is -0.497 e. The highest BCUT2D eigenvalue weighted by molar-refractivity contribution is 6.00. The van der Waals surface area contributed by atoms with E-state index < -0.39 is 5.92 Å². The molecule has 2 amide bonds. The molecule has 152 valence electrons. The van der Waals surface area contributed by atoms with Crippen LogP contribution in [0.3, 0.4) is 0 Å². The SMILES string of the molecule is COc1cccc(N2C[C@@H](C(=O)NC(c3ccccc3)c3ccccc3)CC2=O)c1. The number of nitrogens with zero attached hydrogens (tertiary/aromatic N) is 1. The maximum absolute atomic E-state index is 13.1. The second kappa shape index (κ2) is 8.82. The fourth-order valence-corrected chi connectivity index (χ4v) is 3.82. The summed E-state index contributed by atoms with van der Waals surface area (Å²) in [6.45, 7) is 0.355. The molecule has 0 aromatic heterocycles. The van der Waals surface area contributed by atoms with Crippen LogP contribution >= 0.6 is 0 Å². The van der Waals surface area contributed by atoms with Gasteiger partial charge in [0, 0.05) is 24.7 Å². The van der Waals surface area contributed by atoms with E-state index in [4.69, 9.17) is 4.74 Å². The van der Waals surface area contributed by atoms with E-state index >= 15 is 0 Å². The standard InChI is InChI=1S/C25H24N2O3/c1-30-22-14-8-13-21(16-22)27-17-20(15-23(27)28)25(29)26-24(18-9-4-2-5-10-18)19-11-6-3-7-12-19/h2-14,16,20,24H,15,17H2,1H3,(H,26,29)/t20-/m0/s1. The van der Waals surface area contributed by atoms with Gasteiger partial charge in [-0.3, -0.25) is 9.59 Å². The molecule has 0 unspecified atom stereocenters. The quantitative estimate of drug-likeness (QED) is 0.682. The van der Waals surface area contributed by atoms with Crippen molar-refractivity contribution in [1.82, 2.24) is 5.32 Å². The molecule has 1 atom stereocenters. The van der Waals surface area contributed by atoms with Crippen LogP contribution in [-0.2, 0) is 9.59 Å². The van der Waals surface area contributed by atoms with Crippen LogP contribution in [0.4, 0.5) is 5.69 Å². The van der Waals surface area contributed by atoms with Crippen LogP contribution in [-0.4, -0.2) is 25.5 Å². The van der Waals surface area contributed by atoms with Gasteiger partial charge in [-0.05, 0) is 23.3 Å². The lowest BCUT2D eigenvalue weighted by atomic mass is 9.97. The lowest BCUT2D eigenvalue weighted by Crippen LogP contribution is -2.36. The Morgan fingerprint density at radius 2 is 1.60 bits per heavy atom. The average Bonchev–Trinajstić information content (AvgIpc) is 3.20. The number of carbonyl (C=O) groups excluding carboxylic acids is 2. The molecule has 3 aromatic rings. The van der Waals surface area contributed by atoms with Crippen molar-refractivity contribution in [3.63, 3.8) is 0 Å². The molecule has 5 nitrogen and oxygen atoms in total. The highest BCUT2D eigenvalue weighted by Gasteiger charge is 2.36. The van der Waals surface area contributed by atoms with Gasteiger partial charge in [-0.2, -0.15) is 0 Å². The summed E-state index contributed by atoms with van der Waals surface area (Å²) in [5, 5.41) is 3.16. The van der Waals surface area contributed by atoms with Crippen molar-refractivity contribution in [2.75, 3.05) is 18.6 Å². The van der Waals surface area contributed by atoms with Crippen molar-refractivity contribution >= 4 is 17.5 Å². The Bertz CT molecular complexity index is 981. The largest absolute Gasteiger partial charge is 0.497 e. The second-order valence-electron chi connectivity index (χ2n) is 7.37. The predicted octanol–water partition coefficient (Wildman–Crippen LogP) is 3.95. The monoisotopic (exact) mass is 400 g/mol. The molecule has 1 saturated heterocycles. The van der Waals surface area contributed by atoms with Crippen LogP contribution < -0.4 is 15.0 Å². The lowest BCUT2D eigenvalue weighted by molar-refractivity contribution is -0.126. The third kappa shape index (κ3) is 4.20. The molecule has 1 heterocycles. The van der Waals surface area contributed by atoms with Crippen molar-refractivity contribution in [3.05, 3.63) is 96.1 Å². The summed E-state index contributed by atoms with van der Waals surface area (Å²) < 4.78 is 5.26. The van der Waals surface area contributed by atoms with Gasteiger partial charge in [0.15, 0.2) is 0 Å². The van der Waals surface area contributed by atoms with Crippen LogP contribution in [0.25, 0.3) is 0 Å². The van der Waals surface area contributed by atoms with E-state index in [1.807, 2.05) is 84.9 Å². The zero-order valence-corrected chi connectivity index (χ0v) is 16.8. The first kappa shape index (κ1) is 19.7. The van der Waals surface area contributed by atoms with Crippen LogP contribution in [0, 0.1) is 5.92 Å². The van der Waals surface area contributed by atoms with Crippen molar-refractivity contribution in [1.29, 1.82) is 0 Å². The third-order valence-electron chi connectivity index (χ3n) is 5.41. The third-order valence-corrected chi connectivity index (χ3v) is 5.41. The number of amides is 2. The maximum atomic E-state index is 13.1. The molecule has 0 radical (unpaired) electrons. The topological polar surface area (TPSA) is 58.6 Å². The summed E-state index contributed by atoms with van der Waals surface area (Å²) in [5.41, 5.74) is 2.76. The molecule has 0 saturated carbocycles. The summed E-state index contributed by atoms with van der Waals surface area (Å²) in [6.07, 6.45) is 0.194. The minimum atomic E-state index is -0.404. The Kier molecular flexibility index (Phi) is 5.80. The lowest BCUT2D eigenvalue weighted by Gasteiger charge is -2.22. The summed E-state index contributed by atoms with van der Waals surface area (Å²) in [5.74, 6) is 0.103. The number of rotatable bonds is 6. The Labute approximate surface area is 176 Å². The van der Waals surface area contributed by atoms with Crippen molar-refractivity contribution in [2.24, 2.45) is 5.92 Å². The number of carbonyl (C=O) groups is 2. The van der Waals surface area contributed by atoms with E-state index in [2.05, 4.69) is 5.32 Å². The van der Waals surface area contributed by atoms with Gasteiger partial charge < -0.3 is 15.0 Å². The van der Waals surface area contributed by atoms with E-state index in [0.717, 1.165) is 16.8 Å². The number of nitrogens with one attached hydrogen (secondary N) is 1. The normalized spacial score (nSPS) is 16.0. The minimum absolute atomic E-state index is 0.0561. The van der Waals surface area contributed by atoms with Crippen LogP contribution in [0.15, 0.2) is 84.9 Å². The van der Waals surface area contributed by atoms with Gasteiger partial charge in [0.25, 0.3) is 0 Å². The summed E-state index contributed by atoms with van der Waals surface area (Å²) in [7, 11) is 1.59. The zero-order chi connectivity index (χ0) is 20.9. The molecule has 3 aromatic carbocycles. The first-order valence-electron chi connectivity index (χ1n) is 10.0. The Morgan fingerprint density at radius 1 is 0.967 bits per heavy atom. The molecule has 1 N–H and O–H groups in total. The van der Waals surface area contributed by atoms with Crippen LogP contribution in [0.1, 0.15) is 23.6 Å². The van der Waals surface area contributed by atoms with Gasteiger partial charge in [-0.1, -0.05) is 66.7 Å². The maximum Gasteiger partial charge on any atom is 0.227 e. The van der Waals surface area contributed by atoms with Gasteiger partial charge >= 0.3 is 0 Å². The summed E-state index contributed by atoms with van der Waals surface area (Å²) in [6, 6.07) is 26.8.